The Balaban J connectivity index is 1.19. The summed E-state index contributed by atoms with van der Waals surface area (Å²) in [5, 5.41) is 2.34. The maximum absolute atomic E-state index is 12.9. The van der Waals surface area contributed by atoms with Crippen molar-refractivity contribution in [2.45, 2.75) is 51.0 Å². The van der Waals surface area contributed by atoms with Crippen LogP contribution in [0.1, 0.15) is 50.1 Å². The quantitative estimate of drug-likeness (QED) is 0.386. The zero-order valence-corrected chi connectivity index (χ0v) is 21.0. The van der Waals surface area contributed by atoms with Crippen LogP contribution in [0.15, 0.2) is 23.0 Å². The van der Waals surface area contributed by atoms with Gasteiger partial charge in [-0.1, -0.05) is 6.07 Å². The largest absolute Gasteiger partial charge is 0.379 e. The third kappa shape index (κ3) is 6.39. The molecule has 2 saturated heterocycles. The number of hydrogen-bond donors (Lipinski definition) is 1. The molecule has 192 valence electrons. The molecule has 0 spiro atoms. The SMILES string of the molecule is CN1CCC(CCOCCOCCCc2ccc3c(c2)n(C)c(=O)n3[C@H]2CCC(=O)NC2=O)CC1. The topological polar surface area (TPSA) is 94.8 Å². The molecule has 0 bridgehead atoms. The second kappa shape index (κ2) is 12.0. The normalized spacial score (nSPS) is 20.0. The fourth-order valence-electron chi connectivity index (χ4n) is 5.10. The predicted molar refractivity (Wildman–Crippen MR) is 133 cm³/mol. The molecule has 9 nitrogen and oxygen atoms in total. The fourth-order valence-corrected chi connectivity index (χ4v) is 5.10. The van der Waals surface area contributed by atoms with Gasteiger partial charge in [-0.3, -0.25) is 24.0 Å². The van der Waals surface area contributed by atoms with E-state index in [1.807, 2.05) is 18.2 Å². The number of imide groups is 1. The van der Waals surface area contributed by atoms with Crippen LogP contribution in [0.3, 0.4) is 0 Å². The first-order valence-corrected chi connectivity index (χ1v) is 12.8. The summed E-state index contributed by atoms with van der Waals surface area (Å²) in [6, 6.07) is 5.24. The average molecular weight is 487 g/mol. The van der Waals surface area contributed by atoms with Crippen molar-refractivity contribution in [2.75, 3.05) is 46.6 Å². The zero-order chi connectivity index (χ0) is 24.8. The highest BCUT2D eigenvalue weighted by Gasteiger charge is 2.31. The molecule has 0 unspecified atom stereocenters. The van der Waals surface area contributed by atoms with Gasteiger partial charge in [0.1, 0.15) is 6.04 Å². The van der Waals surface area contributed by atoms with Crippen LogP contribution < -0.4 is 11.0 Å². The van der Waals surface area contributed by atoms with Gasteiger partial charge in [-0.15, -0.1) is 0 Å². The molecular formula is C26H38N4O5. The van der Waals surface area contributed by atoms with Crippen molar-refractivity contribution in [1.29, 1.82) is 0 Å². The molecule has 2 fully saturated rings. The molecule has 3 heterocycles. The Morgan fingerprint density at radius 2 is 1.69 bits per heavy atom. The summed E-state index contributed by atoms with van der Waals surface area (Å²) in [7, 11) is 3.90. The minimum Gasteiger partial charge on any atom is -0.379 e. The Hall–Kier alpha value is -2.49. The molecule has 0 aliphatic carbocycles. The molecule has 4 rings (SSSR count). The van der Waals surface area contributed by atoms with Crippen LogP contribution in [-0.2, 0) is 32.5 Å². The molecule has 2 aliphatic rings. The fraction of sp³-hybridized carbons (Fsp3) is 0.654. The van der Waals surface area contributed by atoms with Crippen molar-refractivity contribution in [3.8, 4) is 0 Å². The molecule has 1 aromatic carbocycles. The van der Waals surface area contributed by atoms with Gasteiger partial charge in [0.15, 0.2) is 0 Å². The molecule has 2 aromatic rings. The zero-order valence-electron chi connectivity index (χ0n) is 21.0. The molecule has 9 heteroatoms. The Bertz CT molecular complexity index is 1080. The van der Waals surface area contributed by atoms with E-state index in [9.17, 15) is 14.4 Å². The van der Waals surface area contributed by atoms with E-state index in [1.54, 1.807) is 11.6 Å². The monoisotopic (exact) mass is 486 g/mol. The second-order valence-corrected chi connectivity index (χ2v) is 9.87. The van der Waals surface area contributed by atoms with Crippen molar-refractivity contribution < 1.29 is 19.1 Å². The number of benzene rings is 1. The van der Waals surface area contributed by atoms with E-state index in [4.69, 9.17) is 9.47 Å². The van der Waals surface area contributed by atoms with Gasteiger partial charge in [0.05, 0.1) is 24.2 Å². The van der Waals surface area contributed by atoms with Crippen molar-refractivity contribution in [2.24, 2.45) is 13.0 Å². The van der Waals surface area contributed by atoms with Crippen LogP contribution in [0.25, 0.3) is 11.0 Å². The van der Waals surface area contributed by atoms with E-state index in [-0.39, 0.29) is 18.0 Å². The van der Waals surface area contributed by atoms with Crippen LogP contribution in [-0.4, -0.2) is 72.4 Å². The molecule has 0 saturated carbocycles. The lowest BCUT2D eigenvalue weighted by Crippen LogP contribution is -2.44. The molecule has 1 N–H and O–H groups in total. The molecule has 35 heavy (non-hydrogen) atoms. The summed E-state index contributed by atoms with van der Waals surface area (Å²) in [5.74, 6) is 0.0935. The highest BCUT2D eigenvalue weighted by molar-refractivity contribution is 6.00. The van der Waals surface area contributed by atoms with Gasteiger partial charge < -0.3 is 14.4 Å². The molecule has 1 aromatic heterocycles. The lowest BCUT2D eigenvalue weighted by Gasteiger charge is -2.28. The summed E-state index contributed by atoms with van der Waals surface area (Å²) in [5.41, 5.74) is 2.37. The molecule has 2 amide bonds. The number of likely N-dealkylation sites (tertiary alicyclic amines) is 1. The Labute approximate surface area is 206 Å². The van der Waals surface area contributed by atoms with Gasteiger partial charge in [0, 0.05) is 26.7 Å². The third-order valence-electron chi connectivity index (χ3n) is 7.31. The number of fused-ring (bicyclic) bond motifs is 1. The minimum absolute atomic E-state index is 0.237. The van der Waals surface area contributed by atoms with E-state index < -0.39 is 11.9 Å². The number of imidazole rings is 1. The first kappa shape index (κ1) is 25.6. The first-order valence-electron chi connectivity index (χ1n) is 12.8. The maximum Gasteiger partial charge on any atom is 0.329 e. The lowest BCUT2D eigenvalue weighted by atomic mass is 9.94. The molecule has 1 atom stereocenters. The smallest absolute Gasteiger partial charge is 0.329 e. The number of carbonyl (C=O) groups excluding carboxylic acids is 2. The van der Waals surface area contributed by atoms with Crippen molar-refractivity contribution >= 4 is 22.8 Å². The Morgan fingerprint density at radius 1 is 0.943 bits per heavy atom. The van der Waals surface area contributed by atoms with Crippen LogP contribution in [0.5, 0.6) is 0 Å². The molecular weight excluding hydrogens is 448 g/mol. The van der Waals surface area contributed by atoms with Gasteiger partial charge >= 0.3 is 5.69 Å². The van der Waals surface area contributed by atoms with Gasteiger partial charge in [-0.2, -0.15) is 0 Å². The average Bonchev–Trinajstić information content (AvgIpc) is 3.09. The van der Waals surface area contributed by atoms with E-state index in [0.29, 0.717) is 31.8 Å². The van der Waals surface area contributed by atoms with E-state index in [2.05, 4.69) is 17.3 Å². The number of nitrogens with one attached hydrogen (secondary N) is 1. The van der Waals surface area contributed by atoms with Crippen LogP contribution in [0.4, 0.5) is 0 Å². The van der Waals surface area contributed by atoms with Gasteiger partial charge in [0.2, 0.25) is 11.8 Å². The highest BCUT2D eigenvalue weighted by Crippen LogP contribution is 2.24. The summed E-state index contributed by atoms with van der Waals surface area (Å²) >= 11 is 0. The number of ether oxygens (including phenoxy) is 2. The number of carbonyl (C=O) groups is 2. The van der Waals surface area contributed by atoms with Crippen LogP contribution in [0.2, 0.25) is 0 Å². The first-order chi connectivity index (χ1) is 16.9. The number of hydrogen-bond acceptors (Lipinski definition) is 6. The number of nitrogens with zero attached hydrogens (tertiary/aromatic N) is 3. The summed E-state index contributed by atoms with van der Waals surface area (Å²) in [4.78, 5) is 39.1. The van der Waals surface area contributed by atoms with Crippen molar-refractivity contribution in [1.82, 2.24) is 19.4 Å². The minimum atomic E-state index is -0.658. The Kier molecular flexibility index (Phi) is 8.75. The molecule has 2 aliphatic heterocycles. The van der Waals surface area contributed by atoms with E-state index in [1.165, 1.54) is 30.5 Å². The van der Waals surface area contributed by atoms with Gasteiger partial charge in [-0.05, 0) is 82.3 Å². The predicted octanol–water partition coefficient (Wildman–Crippen LogP) is 2.02. The van der Waals surface area contributed by atoms with Crippen molar-refractivity contribution in [3.63, 3.8) is 0 Å². The number of piperidine rings is 2. The summed E-state index contributed by atoms with van der Waals surface area (Å²) in [6.45, 7) is 5.11. The second-order valence-electron chi connectivity index (χ2n) is 9.87. The number of aromatic nitrogens is 2. The van der Waals surface area contributed by atoms with Crippen molar-refractivity contribution in [3.05, 3.63) is 34.2 Å². The lowest BCUT2D eigenvalue weighted by molar-refractivity contribution is -0.135. The summed E-state index contributed by atoms with van der Waals surface area (Å²) in [6.07, 6.45) is 5.99. The van der Waals surface area contributed by atoms with Gasteiger partial charge in [0.25, 0.3) is 0 Å². The highest BCUT2D eigenvalue weighted by atomic mass is 16.5. The third-order valence-corrected chi connectivity index (χ3v) is 7.31. The number of rotatable bonds is 11. The van der Waals surface area contributed by atoms with E-state index >= 15 is 0 Å². The summed E-state index contributed by atoms with van der Waals surface area (Å²) < 4.78 is 14.6. The van der Waals surface area contributed by atoms with E-state index in [0.717, 1.165) is 42.9 Å². The number of amides is 2. The maximum atomic E-state index is 12.9. The standard InChI is InChI=1S/C26H38N4O5/c1-28-12-9-19(10-13-28)11-15-35-17-16-34-14-3-4-20-5-6-21-23(18-20)29(2)26(33)30(21)22-7-8-24(31)27-25(22)32/h5-6,18-19,22H,3-4,7-17H2,1-2H3,(H,27,31,32)/t22-/m0/s1. The number of aryl methyl sites for hydroxylation is 2. The van der Waals surface area contributed by atoms with Crippen LogP contribution >= 0.6 is 0 Å². The molecule has 0 radical (unpaired) electrons. The Morgan fingerprint density at radius 3 is 2.43 bits per heavy atom. The van der Waals surface area contributed by atoms with Gasteiger partial charge in [-0.25, -0.2) is 4.79 Å². The van der Waals surface area contributed by atoms with Crippen LogP contribution in [0, 0.1) is 5.92 Å².